The van der Waals surface area contributed by atoms with Crippen LogP contribution in [0.25, 0.3) is 0 Å². The molecule has 19 heavy (non-hydrogen) atoms. The van der Waals surface area contributed by atoms with E-state index in [-0.39, 0.29) is 0 Å². The first-order valence-electron chi connectivity index (χ1n) is 6.53. The maximum atomic E-state index is 10.7. The van der Waals surface area contributed by atoms with Crippen molar-refractivity contribution in [3.63, 3.8) is 0 Å². The van der Waals surface area contributed by atoms with Gasteiger partial charge >= 0.3 is 0 Å². The van der Waals surface area contributed by atoms with Crippen molar-refractivity contribution in [2.45, 2.75) is 49.9 Å². The third-order valence-corrected chi connectivity index (χ3v) is 4.31. The zero-order valence-corrected chi connectivity index (χ0v) is 10.8. The second kappa shape index (κ2) is 4.26. The van der Waals surface area contributed by atoms with Crippen LogP contribution in [-0.2, 0) is 23.2 Å². The first-order valence-corrected chi connectivity index (χ1v) is 6.53. The summed E-state index contributed by atoms with van der Waals surface area (Å²) in [4.78, 5) is 0. The zero-order valence-electron chi connectivity index (χ0n) is 10.8. The van der Waals surface area contributed by atoms with E-state index in [1.54, 1.807) is 6.92 Å². The van der Waals surface area contributed by atoms with Crippen LogP contribution < -0.4 is 5.73 Å². The van der Waals surface area contributed by atoms with Gasteiger partial charge in [0.2, 0.25) is 0 Å². The Bertz CT molecular complexity index is 502. The lowest BCUT2D eigenvalue weighted by Crippen LogP contribution is -2.45. The van der Waals surface area contributed by atoms with Gasteiger partial charge in [0, 0.05) is 0 Å². The molecular formula is C14H19NO4. The topological polar surface area (TPSA) is 95.9 Å². The first-order chi connectivity index (χ1) is 8.91. The standard InChI is InChI=1S/C14H19NO4/c1-14(18,12-10(16)11(17)13(15)19-12)9-5-4-7-2-3-8(7)6-9/h4-6,10-13,16-18H,2-3,15H2,1H3/t10-,11+,12-,13+,14-/m0/s1. The molecule has 0 radical (unpaired) electrons. The Balaban J connectivity index is 1.91. The fraction of sp³-hybridized carbons (Fsp3) is 0.571. The van der Waals surface area contributed by atoms with Crippen LogP contribution in [0.5, 0.6) is 0 Å². The quantitative estimate of drug-likeness (QED) is 0.572. The van der Waals surface area contributed by atoms with Crippen molar-refractivity contribution in [2.75, 3.05) is 0 Å². The van der Waals surface area contributed by atoms with Crippen molar-refractivity contribution >= 4 is 0 Å². The summed E-state index contributed by atoms with van der Waals surface area (Å²) in [7, 11) is 0. The summed E-state index contributed by atoms with van der Waals surface area (Å²) in [5.74, 6) is 0. The van der Waals surface area contributed by atoms with Crippen LogP contribution >= 0.6 is 0 Å². The van der Waals surface area contributed by atoms with Crippen molar-refractivity contribution in [2.24, 2.45) is 5.73 Å². The van der Waals surface area contributed by atoms with Crippen LogP contribution in [0, 0.1) is 0 Å². The Morgan fingerprint density at radius 2 is 1.89 bits per heavy atom. The second-order valence-electron chi connectivity index (χ2n) is 5.63. The fourth-order valence-corrected chi connectivity index (χ4v) is 2.84. The number of nitrogens with two attached hydrogens (primary N) is 1. The Morgan fingerprint density at radius 1 is 1.21 bits per heavy atom. The molecule has 1 aromatic rings. The lowest BCUT2D eigenvalue weighted by molar-refractivity contribution is -0.124. The van der Waals surface area contributed by atoms with E-state index in [4.69, 9.17) is 10.5 Å². The van der Waals surface area contributed by atoms with Gasteiger partial charge in [-0.25, -0.2) is 0 Å². The highest BCUT2D eigenvalue weighted by atomic mass is 16.6. The number of hydrogen-bond acceptors (Lipinski definition) is 5. The average Bonchev–Trinajstić information content (AvgIpc) is 2.59. The first kappa shape index (κ1) is 13.0. The van der Waals surface area contributed by atoms with E-state index in [1.165, 1.54) is 11.1 Å². The molecule has 2 aliphatic rings. The highest BCUT2D eigenvalue weighted by molar-refractivity contribution is 5.41. The minimum Gasteiger partial charge on any atom is -0.387 e. The molecule has 3 rings (SSSR count). The van der Waals surface area contributed by atoms with Gasteiger partial charge in [-0.3, -0.25) is 0 Å². The molecule has 5 atom stereocenters. The third-order valence-electron chi connectivity index (χ3n) is 4.31. The number of fused-ring (bicyclic) bond motifs is 1. The molecule has 1 saturated heterocycles. The largest absolute Gasteiger partial charge is 0.387 e. The smallest absolute Gasteiger partial charge is 0.135 e. The van der Waals surface area contributed by atoms with E-state index < -0.39 is 30.1 Å². The van der Waals surface area contributed by atoms with E-state index in [2.05, 4.69) is 0 Å². The van der Waals surface area contributed by atoms with Gasteiger partial charge in [0.1, 0.15) is 30.1 Å². The molecule has 1 fully saturated rings. The van der Waals surface area contributed by atoms with Gasteiger partial charge in [-0.15, -0.1) is 0 Å². The number of hydrogen-bond donors (Lipinski definition) is 4. The van der Waals surface area contributed by atoms with Gasteiger partial charge in [0.05, 0.1) is 0 Å². The molecule has 1 aromatic carbocycles. The molecule has 0 spiro atoms. The summed E-state index contributed by atoms with van der Waals surface area (Å²) >= 11 is 0. The van der Waals surface area contributed by atoms with Crippen molar-refractivity contribution in [3.8, 4) is 0 Å². The van der Waals surface area contributed by atoms with Crippen molar-refractivity contribution in [1.82, 2.24) is 0 Å². The minimum absolute atomic E-state index is 0.677. The summed E-state index contributed by atoms with van der Waals surface area (Å²) in [5.41, 5.74) is 7.36. The maximum absolute atomic E-state index is 10.7. The molecule has 5 N–H and O–H groups in total. The molecule has 1 aliphatic carbocycles. The Morgan fingerprint density at radius 3 is 2.37 bits per heavy atom. The molecule has 104 valence electrons. The molecule has 0 unspecified atom stereocenters. The van der Waals surface area contributed by atoms with Gasteiger partial charge in [0.15, 0.2) is 0 Å². The molecule has 5 nitrogen and oxygen atoms in total. The van der Waals surface area contributed by atoms with Gasteiger partial charge < -0.3 is 25.8 Å². The summed E-state index contributed by atoms with van der Waals surface area (Å²) in [6.07, 6.45) is -2.20. The van der Waals surface area contributed by atoms with Crippen molar-refractivity contribution in [1.29, 1.82) is 0 Å². The molecule has 5 heteroatoms. The lowest BCUT2D eigenvalue weighted by Gasteiger charge is -2.33. The number of aliphatic hydroxyl groups is 3. The highest BCUT2D eigenvalue weighted by Crippen LogP contribution is 2.36. The fourth-order valence-electron chi connectivity index (χ4n) is 2.84. The van der Waals surface area contributed by atoms with E-state index in [0.717, 1.165) is 12.8 Å². The maximum Gasteiger partial charge on any atom is 0.135 e. The molecule has 0 bridgehead atoms. The summed E-state index contributed by atoms with van der Waals surface area (Å²) < 4.78 is 5.32. The monoisotopic (exact) mass is 265 g/mol. The normalized spacial score (nSPS) is 36.5. The number of aryl methyl sites for hydroxylation is 2. The molecule has 1 aliphatic heterocycles. The second-order valence-corrected chi connectivity index (χ2v) is 5.63. The predicted molar refractivity (Wildman–Crippen MR) is 68.3 cm³/mol. The number of benzene rings is 1. The van der Waals surface area contributed by atoms with E-state index >= 15 is 0 Å². The van der Waals surface area contributed by atoms with Gasteiger partial charge in [0.25, 0.3) is 0 Å². The van der Waals surface area contributed by atoms with Crippen LogP contribution in [0.3, 0.4) is 0 Å². The number of ether oxygens (including phenoxy) is 1. The van der Waals surface area contributed by atoms with Gasteiger partial charge in [-0.1, -0.05) is 18.2 Å². The van der Waals surface area contributed by atoms with E-state index in [0.29, 0.717) is 5.56 Å². The SMILES string of the molecule is C[C@](O)(c1ccc2c(c1)CC2)[C@H]1O[C@@H](N)[C@H](O)[C@@H]1O. The van der Waals surface area contributed by atoms with Crippen molar-refractivity contribution in [3.05, 3.63) is 34.9 Å². The van der Waals surface area contributed by atoms with Gasteiger partial charge in [-0.05, 0) is 36.5 Å². The summed E-state index contributed by atoms with van der Waals surface area (Å²) in [6.45, 7) is 1.58. The Labute approximate surface area is 111 Å². The molecule has 1 heterocycles. The minimum atomic E-state index is -1.39. The lowest BCUT2D eigenvalue weighted by atomic mass is 9.81. The molecule has 0 amide bonds. The van der Waals surface area contributed by atoms with Crippen LogP contribution in [-0.4, -0.2) is 39.9 Å². The molecule has 0 saturated carbocycles. The van der Waals surface area contributed by atoms with Crippen LogP contribution in [0.4, 0.5) is 0 Å². The molecular weight excluding hydrogens is 246 g/mol. The van der Waals surface area contributed by atoms with Gasteiger partial charge in [-0.2, -0.15) is 0 Å². The number of rotatable bonds is 2. The van der Waals surface area contributed by atoms with E-state index in [1.807, 2.05) is 18.2 Å². The summed E-state index contributed by atoms with van der Waals surface area (Å²) in [6, 6.07) is 5.76. The highest BCUT2D eigenvalue weighted by Gasteiger charge is 2.50. The molecule has 0 aromatic heterocycles. The van der Waals surface area contributed by atoms with Crippen LogP contribution in [0.1, 0.15) is 23.6 Å². The van der Waals surface area contributed by atoms with Crippen LogP contribution in [0.15, 0.2) is 18.2 Å². The van der Waals surface area contributed by atoms with Crippen molar-refractivity contribution < 1.29 is 20.1 Å². The Hall–Kier alpha value is -0.980. The van der Waals surface area contributed by atoms with Crippen LogP contribution in [0.2, 0.25) is 0 Å². The predicted octanol–water partition coefficient (Wildman–Crippen LogP) is -0.602. The zero-order chi connectivity index (χ0) is 13.8. The number of aliphatic hydroxyl groups excluding tert-OH is 2. The van der Waals surface area contributed by atoms with E-state index in [9.17, 15) is 15.3 Å². The Kier molecular flexibility index (Phi) is 2.92. The average molecular weight is 265 g/mol. The third kappa shape index (κ3) is 1.89. The summed E-state index contributed by atoms with van der Waals surface area (Å²) in [5, 5.41) is 30.3.